The Hall–Kier alpha value is -3.15. The lowest BCUT2D eigenvalue weighted by atomic mass is 10.00. The third kappa shape index (κ3) is 3.69. The summed E-state index contributed by atoms with van der Waals surface area (Å²) in [5.74, 6) is -0.118. The van der Waals surface area contributed by atoms with Gasteiger partial charge in [-0.15, -0.1) is 0 Å². The van der Waals surface area contributed by atoms with Crippen molar-refractivity contribution in [1.29, 1.82) is 0 Å². The van der Waals surface area contributed by atoms with E-state index < -0.39 is 17.8 Å². The normalized spacial score (nSPS) is 16.4. The third-order valence-electron chi connectivity index (χ3n) is 4.29. The molecule has 0 aromatic heterocycles. The van der Waals surface area contributed by atoms with E-state index in [1.54, 1.807) is 6.92 Å². The molecule has 2 aromatic carbocycles. The van der Waals surface area contributed by atoms with E-state index in [-0.39, 0.29) is 12.1 Å². The Morgan fingerprint density at radius 3 is 2.44 bits per heavy atom. The molecule has 2 aromatic rings. The van der Waals surface area contributed by atoms with Gasteiger partial charge in [-0.2, -0.15) is 0 Å². The molecule has 0 radical (unpaired) electrons. The topological polar surface area (TPSA) is 75.7 Å². The third-order valence-corrected chi connectivity index (χ3v) is 4.29. The average molecular weight is 366 g/mol. The van der Waals surface area contributed by atoms with Crippen LogP contribution in [0.25, 0.3) is 16.8 Å². The number of ether oxygens (including phenoxy) is 1. The van der Waals surface area contributed by atoms with E-state index in [0.29, 0.717) is 18.1 Å². The highest BCUT2D eigenvalue weighted by molar-refractivity contribution is 6.31. The number of nitrogens with zero attached hydrogens (tertiary/aromatic N) is 1. The second-order valence-corrected chi connectivity index (χ2v) is 6.77. The van der Waals surface area contributed by atoms with Gasteiger partial charge in [0.05, 0.1) is 6.61 Å². The summed E-state index contributed by atoms with van der Waals surface area (Å²) >= 11 is 0. The molecule has 0 atom stereocenters. The van der Waals surface area contributed by atoms with Gasteiger partial charge in [-0.25, -0.2) is 4.79 Å². The first-order valence-corrected chi connectivity index (χ1v) is 8.95. The molecule has 1 saturated heterocycles. The number of hydrogen-bond donors (Lipinski definition) is 1. The number of imide groups is 2. The van der Waals surface area contributed by atoms with Gasteiger partial charge in [0.1, 0.15) is 11.3 Å². The standard InChI is InChI=1S/C21H22N2O4/c1-4-23-20(25)17(19(24)22-21(23)26)11-14-9-10-18(27-12-13(2)3)16-8-6-5-7-15(14)16/h5-11,13H,4,12H2,1-3H3,(H,22,24,26)/b17-11+. The van der Waals surface area contributed by atoms with Gasteiger partial charge in [-0.1, -0.05) is 44.2 Å². The summed E-state index contributed by atoms with van der Waals surface area (Å²) in [6.07, 6.45) is 1.53. The fourth-order valence-corrected chi connectivity index (χ4v) is 2.94. The molecule has 140 valence electrons. The predicted octanol–water partition coefficient (Wildman–Crippen LogP) is 3.36. The molecule has 1 heterocycles. The Kier molecular flexibility index (Phi) is 5.26. The van der Waals surface area contributed by atoms with Crippen molar-refractivity contribution in [2.24, 2.45) is 5.92 Å². The van der Waals surface area contributed by atoms with Crippen molar-refractivity contribution in [3.8, 4) is 5.75 Å². The van der Waals surface area contributed by atoms with E-state index >= 15 is 0 Å². The van der Waals surface area contributed by atoms with Crippen molar-refractivity contribution >= 4 is 34.7 Å². The first-order valence-electron chi connectivity index (χ1n) is 8.95. The van der Waals surface area contributed by atoms with Crippen molar-refractivity contribution in [3.63, 3.8) is 0 Å². The van der Waals surface area contributed by atoms with Crippen LogP contribution in [-0.2, 0) is 9.59 Å². The van der Waals surface area contributed by atoms with Gasteiger partial charge >= 0.3 is 6.03 Å². The molecule has 1 aliphatic rings. The molecular weight excluding hydrogens is 344 g/mol. The van der Waals surface area contributed by atoms with Crippen LogP contribution < -0.4 is 10.1 Å². The van der Waals surface area contributed by atoms with Crippen LogP contribution in [0.15, 0.2) is 42.0 Å². The van der Waals surface area contributed by atoms with Crippen LogP contribution in [0, 0.1) is 5.92 Å². The van der Waals surface area contributed by atoms with Gasteiger partial charge in [0.15, 0.2) is 0 Å². The molecule has 1 aliphatic heterocycles. The number of likely N-dealkylation sites (N-methyl/N-ethyl adjacent to an activating group) is 1. The van der Waals surface area contributed by atoms with Crippen LogP contribution in [0.5, 0.6) is 5.75 Å². The van der Waals surface area contributed by atoms with Gasteiger partial charge < -0.3 is 4.74 Å². The van der Waals surface area contributed by atoms with Gasteiger partial charge in [0.25, 0.3) is 11.8 Å². The maximum Gasteiger partial charge on any atom is 0.331 e. The van der Waals surface area contributed by atoms with Crippen molar-refractivity contribution in [2.45, 2.75) is 20.8 Å². The minimum atomic E-state index is -0.688. The fourth-order valence-electron chi connectivity index (χ4n) is 2.94. The number of hydrogen-bond acceptors (Lipinski definition) is 4. The van der Waals surface area contributed by atoms with Crippen LogP contribution in [0.4, 0.5) is 4.79 Å². The van der Waals surface area contributed by atoms with Crippen LogP contribution in [-0.4, -0.2) is 35.9 Å². The Balaban J connectivity index is 2.06. The van der Waals surface area contributed by atoms with Crippen LogP contribution >= 0.6 is 0 Å². The lowest BCUT2D eigenvalue weighted by molar-refractivity contribution is -0.129. The molecule has 4 amide bonds. The number of carbonyl (C=O) groups is 3. The number of barbiturate groups is 1. The minimum absolute atomic E-state index is 0.0579. The maximum absolute atomic E-state index is 12.5. The molecule has 0 saturated carbocycles. The molecule has 1 N–H and O–H groups in total. The highest BCUT2D eigenvalue weighted by Gasteiger charge is 2.34. The zero-order valence-corrected chi connectivity index (χ0v) is 15.6. The minimum Gasteiger partial charge on any atom is -0.493 e. The summed E-state index contributed by atoms with van der Waals surface area (Å²) < 4.78 is 5.90. The Labute approximate surface area is 157 Å². The predicted molar refractivity (Wildman–Crippen MR) is 103 cm³/mol. The summed E-state index contributed by atoms with van der Waals surface area (Å²) in [7, 11) is 0. The second kappa shape index (κ2) is 7.61. The Morgan fingerprint density at radius 2 is 1.78 bits per heavy atom. The monoisotopic (exact) mass is 366 g/mol. The first kappa shape index (κ1) is 18.6. The number of urea groups is 1. The molecule has 0 bridgehead atoms. The van der Waals surface area contributed by atoms with Crippen molar-refractivity contribution in [1.82, 2.24) is 10.2 Å². The lowest BCUT2D eigenvalue weighted by Gasteiger charge is -2.25. The quantitative estimate of drug-likeness (QED) is 0.650. The van der Waals surface area contributed by atoms with E-state index in [2.05, 4.69) is 19.2 Å². The summed E-state index contributed by atoms with van der Waals surface area (Å²) in [4.78, 5) is 37.5. The number of rotatable bonds is 5. The number of carbonyl (C=O) groups excluding carboxylic acids is 3. The molecule has 0 spiro atoms. The van der Waals surface area contributed by atoms with Crippen molar-refractivity contribution in [2.75, 3.05) is 13.2 Å². The number of amides is 4. The largest absolute Gasteiger partial charge is 0.493 e. The maximum atomic E-state index is 12.5. The summed E-state index contributed by atoms with van der Waals surface area (Å²) in [5.41, 5.74) is 0.656. The summed E-state index contributed by atoms with van der Waals surface area (Å²) in [6.45, 7) is 6.63. The van der Waals surface area contributed by atoms with Crippen LogP contribution in [0.2, 0.25) is 0 Å². The lowest BCUT2D eigenvalue weighted by Crippen LogP contribution is -2.53. The molecule has 27 heavy (non-hydrogen) atoms. The van der Waals surface area contributed by atoms with E-state index in [4.69, 9.17) is 4.74 Å². The zero-order valence-electron chi connectivity index (χ0n) is 15.6. The van der Waals surface area contributed by atoms with E-state index in [9.17, 15) is 14.4 Å². The molecule has 1 fully saturated rings. The summed E-state index contributed by atoms with van der Waals surface area (Å²) in [6, 6.07) is 10.6. The molecule has 6 heteroatoms. The highest BCUT2D eigenvalue weighted by Crippen LogP contribution is 2.30. The van der Waals surface area contributed by atoms with Gasteiger partial charge in [0, 0.05) is 11.9 Å². The van der Waals surface area contributed by atoms with Crippen LogP contribution in [0.1, 0.15) is 26.3 Å². The highest BCUT2D eigenvalue weighted by atomic mass is 16.5. The Bertz CT molecular complexity index is 946. The smallest absolute Gasteiger partial charge is 0.331 e. The van der Waals surface area contributed by atoms with E-state index in [0.717, 1.165) is 21.4 Å². The molecule has 0 unspecified atom stereocenters. The van der Waals surface area contributed by atoms with Crippen molar-refractivity contribution in [3.05, 3.63) is 47.5 Å². The second-order valence-electron chi connectivity index (χ2n) is 6.77. The van der Waals surface area contributed by atoms with Crippen molar-refractivity contribution < 1.29 is 19.1 Å². The van der Waals surface area contributed by atoms with Gasteiger partial charge in [-0.3, -0.25) is 19.8 Å². The summed E-state index contributed by atoms with van der Waals surface area (Å²) in [5, 5.41) is 3.98. The van der Waals surface area contributed by atoms with E-state index in [1.807, 2.05) is 36.4 Å². The van der Waals surface area contributed by atoms with Gasteiger partial charge in [0.2, 0.25) is 0 Å². The number of fused-ring (bicyclic) bond motifs is 1. The molecule has 3 rings (SSSR count). The number of nitrogens with one attached hydrogen (secondary N) is 1. The SMILES string of the molecule is CCN1C(=O)NC(=O)/C(=C\c2ccc(OCC(C)C)c3ccccc23)C1=O. The zero-order chi connectivity index (χ0) is 19.6. The van der Waals surface area contributed by atoms with E-state index in [1.165, 1.54) is 6.08 Å². The van der Waals surface area contributed by atoms with Crippen LogP contribution in [0.3, 0.4) is 0 Å². The van der Waals surface area contributed by atoms with Gasteiger partial charge in [-0.05, 0) is 35.9 Å². The molecule has 6 nitrogen and oxygen atoms in total. The molecule has 0 aliphatic carbocycles. The Morgan fingerprint density at radius 1 is 1.07 bits per heavy atom. The number of benzene rings is 2. The first-order chi connectivity index (χ1) is 12.9. The molecular formula is C21H22N2O4. The fraction of sp³-hybridized carbons (Fsp3) is 0.286. The average Bonchev–Trinajstić information content (AvgIpc) is 2.64.